The number of halogens is 2. The monoisotopic (exact) mass is 185 g/mol. The molecule has 1 aliphatic rings. The number of hydrogen-bond acceptors (Lipinski definition) is 2. The quantitative estimate of drug-likeness (QED) is 0.668. The molecule has 1 unspecified atom stereocenters. The highest BCUT2D eigenvalue weighted by Gasteiger charge is 2.19. The van der Waals surface area contributed by atoms with E-state index in [1.807, 2.05) is 6.92 Å². The van der Waals surface area contributed by atoms with E-state index in [1.54, 1.807) is 0 Å². The topological polar surface area (TPSA) is 21.3 Å². The lowest BCUT2D eigenvalue weighted by Crippen LogP contribution is -2.28. The van der Waals surface area contributed by atoms with Gasteiger partial charge in [-0.15, -0.1) is 0 Å². The maximum atomic E-state index is 13.1. The number of fused-ring (bicyclic) bond motifs is 1. The zero-order chi connectivity index (χ0) is 9.42. The molecule has 0 amide bonds. The molecule has 1 atom stereocenters. The summed E-state index contributed by atoms with van der Waals surface area (Å²) in [7, 11) is 0. The van der Waals surface area contributed by atoms with Crippen LogP contribution in [0.4, 0.5) is 14.5 Å². The Morgan fingerprint density at radius 2 is 2.23 bits per heavy atom. The number of hydrogen-bond donors (Lipinski definition) is 1. The Labute approximate surface area is 74.5 Å². The van der Waals surface area contributed by atoms with Crippen LogP contribution in [-0.2, 0) is 0 Å². The van der Waals surface area contributed by atoms with Gasteiger partial charge in [-0.2, -0.15) is 0 Å². The summed E-state index contributed by atoms with van der Waals surface area (Å²) in [4.78, 5) is 0. The average molecular weight is 185 g/mol. The standard InChI is InChI=1S/C9H9F2NO/c1-5-4-13-9-7(11)2-6(10)3-8(9)12-5/h2-3,5,12H,4H2,1H3. The first-order valence-electron chi connectivity index (χ1n) is 4.05. The molecule has 13 heavy (non-hydrogen) atoms. The van der Waals surface area contributed by atoms with Crippen molar-refractivity contribution in [3.63, 3.8) is 0 Å². The summed E-state index contributed by atoms with van der Waals surface area (Å²) >= 11 is 0. The number of anilines is 1. The molecule has 2 nitrogen and oxygen atoms in total. The highest BCUT2D eigenvalue weighted by molar-refractivity contribution is 5.59. The van der Waals surface area contributed by atoms with Crippen LogP contribution in [0.15, 0.2) is 12.1 Å². The van der Waals surface area contributed by atoms with E-state index in [-0.39, 0.29) is 11.8 Å². The molecule has 0 aliphatic carbocycles. The molecule has 0 radical (unpaired) electrons. The molecule has 0 spiro atoms. The van der Waals surface area contributed by atoms with E-state index >= 15 is 0 Å². The van der Waals surface area contributed by atoms with Crippen LogP contribution in [0.2, 0.25) is 0 Å². The van der Waals surface area contributed by atoms with Crippen LogP contribution in [0.1, 0.15) is 6.92 Å². The third-order valence-electron chi connectivity index (χ3n) is 1.89. The Morgan fingerprint density at radius 3 is 3.00 bits per heavy atom. The van der Waals surface area contributed by atoms with E-state index in [0.29, 0.717) is 12.3 Å². The van der Waals surface area contributed by atoms with Gasteiger partial charge in [0.1, 0.15) is 12.4 Å². The fourth-order valence-electron chi connectivity index (χ4n) is 1.33. The number of nitrogens with one attached hydrogen (secondary N) is 1. The fourth-order valence-corrected chi connectivity index (χ4v) is 1.33. The maximum absolute atomic E-state index is 13.1. The van der Waals surface area contributed by atoms with Crippen molar-refractivity contribution < 1.29 is 13.5 Å². The third-order valence-corrected chi connectivity index (χ3v) is 1.89. The van der Waals surface area contributed by atoms with E-state index < -0.39 is 11.6 Å². The van der Waals surface area contributed by atoms with Crippen LogP contribution >= 0.6 is 0 Å². The van der Waals surface area contributed by atoms with Crippen LogP contribution in [0, 0.1) is 11.6 Å². The largest absolute Gasteiger partial charge is 0.486 e. The Kier molecular flexibility index (Phi) is 1.83. The van der Waals surface area contributed by atoms with Crippen LogP contribution in [0.25, 0.3) is 0 Å². The number of ether oxygens (including phenoxy) is 1. The molecule has 0 saturated heterocycles. The summed E-state index contributed by atoms with van der Waals surface area (Å²) in [5.41, 5.74) is 0.385. The van der Waals surface area contributed by atoms with Crippen molar-refractivity contribution >= 4 is 5.69 Å². The second kappa shape index (κ2) is 2.87. The molecule has 4 heteroatoms. The fraction of sp³-hybridized carbons (Fsp3) is 0.333. The van der Waals surface area contributed by atoms with E-state index in [2.05, 4.69) is 5.32 Å². The van der Waals surface area contributed by atoms with E-state index in [4.69, 9.17) is 4.74 Å². The van der Waals surface area contributed by atoms with Gasteiger partial charge in [0, 0.05) is 12.1 Å². The van der Waals surface area contributed by atoms with E-state index in [0.717, 1.165) is 6.07 Å². The highest BCUT2D eigenvalue weighted by atomic mass is 19.1. The SMILES string of the molecule is CC1COc2c(F)cc(F)cc2N1. The smallest absolute Gasteiger partial charge is 0.178 e. The predicted octanol–water partition coefficient (Wildman–Crippen LogP) is 2.16. The summed E-state index contributed by atoms with van der Waals surface area (Å²) in [5.74, 6) is -1.14. The van der Waals surface area contributed by atoms with Crippen molar-refractivity contribution in [1.29, 1.82) is 0 Å². The lowest BCUT2D eigenvalue weighted by molar-refractivity contribution is 0.276. The molecule has 2 rings (SSSR count). The van der Waals surface area contributed by atoms with Crippen molar-refractivity contribution in [2.75, 3.05) is 11.9 Å². The van der Waals surface area contributed by atoms with Gasteiger partial charge in [0.25, 0.3) is 0 Å². The van der Waals surface area contributed by atoms with Crippen molar-refractivity contribution in [3.05, 3.63) is 23.8 Å². The molecule has 1 aromatic carbocycles. The van der Waals surface area contributed by atoms with Gasteiger partial charge in [-0.1, -0.05) is 0 Å². The molecule has 0 saturated carbocycles. The first kappa shape index (κ1) is 8.29. The molecule has 1 N–H and O–H groups in total. The van der Waals surface area contributed by atoms with Crippen LogP contribution in [-0.4, -0.2) is 12.6 Å². The van der Waals surface area contributed by atoms with Crippen molar-refractivity contribution in [1.82, 2.24) is 0 Å². The summed E-state index contributed by atoms with van der Waals surface area (Å²) in [6.45, 7) is 2.28. The molecule has 0 fully saturated rings. The van der Waals surface area contributed by atoms with Gasteiger partial charge in [-0.25, -0.2) is 8.78 Å². The van der Waals surface area contributed by atoms with Crippen molar-refractivity contribution in [2.45, 2.75) is 13.0 Å². The van der Waals surface area contributed by atoms with E-state index in [1.165, 1.54) is 6.07 Å². The minimum atomic E-state index is -0.658. The predicted molar refractivity (Wildman–Crippen MR) is 44.9 cm³/mol. The molecule has 70 valence electrons. The molecule has 1 aliphatic heterocycles. The highest BCUT2D eigenvalue weighted by Crippen LogP contribution is 2.32. The summed E-state index contributed by atoms with van der Waals surface area (Å²) in [6.07, 6.45) is 0. The molecule has 1 aromatic rings. The Morgan fingerprint density at radius 1 is 1.46 bits per heavy atom. The normalized spacial score (nSPS) is 20.1. The maximum Gasteiger partial charge on any atom is 0.178 e. The van der Waals surface area contributed by atoms with Gasteiger partial charge in [0.05, 0.1) is 11.7 Å². The Hall–Kier alpha value is -1.32. The van der Waals surface area contributed by atoms with Crippen LogP contribution < -0.4 is 10.1 Å². The third kappa shape index (κ3) is 1.43. The molecule has 0 bridgehead atoms. The molecule has 0 aromatic heterocycles. The van der Waals surface area contributed by atoms with Gasteiger partial charge in [-0.3, -0.25) is 0 Å². The lowest BCUT2D eigenvalue weighted by Gasteiger charge is -2.24. The van der Waals surface area contributed by atoms with Gasteiger partial charge < -0.3 is 10.1 Å². The zero-order valence-corrected chi connectivity index (χ0v) is 7.10. The van der Waals surface area contributed by atoms with Gasteiger partial charge >= 0.3 is 0 Å². The zero-order valence-electron chi connectivity index (χ0n) is 7.10. The molecule has 1 heterocycles. The van der Waals surface area contributed by atoms with Crippen LogP contribution in [0.5, 0.6) is 5.75 Å². The number of benzene rings is 1. The van der Waals surface area contributed by atoms with Gasteiger partial charge in [0.2, 0.25) is 0 Å². The first-order chi connectivity index (χ1) is 6.16. The summed E-state index contributed by atoms with van der Waals surface area (Å²) in [5, 5.41) is 2.94. The summed E-state index contributed by atoms with van der Waals surface area (Å²) in [6, 6.07) is 2.12. The Balaban J connectivity index is 2.47. The molecular weight excluding hydrogens is 176 g/mol. The Bertz CT molecular complexity index is 341. The first-order valence-corrected chi connectivity index (χ1v) is 4.05. The molecular formula is C9H9F2NO. The van der Waals surface area contributed by atoms with Crippen molar-refractivity contribution in [2.24, 2.45) is 0 Å². The number of rotatable bonds is 0. The summed E-state index contributed by atoms with van der Waals surface area (Å²) < 4.78 is 30.9. The van der Waals surface area contributed by atoms with Gasteiger partial charge in [-0.05, 0) is 6.92 Å². The average Bonchev–Trinajstić information content (AvgIpc) is 2.02. The lowest BCUT2D eigenvalue weighted by atomic mass is 10.2. The van der Waals surface area contributed by atoms with E-state index in [9.17, 15) is 8.78 Å². The second-order valence-electron chi connectivity index (χ2n) is 3.12. The van der Waals surface area contributed by atoms with Crippen molar-refractivity contribution in [3.8, 4) is 5.75 Å². The minimum Gasteiger partial charge on any atom is -0.486 e. The second-order valence-corrected chi connectivity index (χ2v) is 3.12. The minimum absolute atomic E-state index is 0.0775. The van der Waals surface area contributed by atoms with Crippen LogP contribution in [0.3, 0.4) is 0 Å². The van der Waals surface area contributed by atoms with Gasteiger partial charge in [0.15, 0.2) is 11.6 Å².